The number of aryl methyl sites for hydroxylation is 1. The predicted octanol–water partition coefficient (Wildman–Crippen LogP) is 6.48. The lowest BCUT2D eigenvalue weighted by Crippen LogP contribution is -2.53. The van der Waals surface area contributed by atoms with Gasteiger partial charge in [-0.25, -0.2) is 8.42 Å². The number of benzene rings is 3. The monoisotopic (exact) mass is 623 g/mol. The molecule has 1 atom stereocenters. The second-order valence-electron chi connectivity index (χ2n) is 9.66. The first-order valence-corrected chi connectivity index (χ1v) is 15.3. The van der Waals surface area contributed by atoms with E-state index in [-0.39, 0.29) is 23.4 Å². The standard InChI is InChI=1S/C29H32Cl3N3O4S/c1-5-27(29(37)33-19(2)3)34(17-21-8-15-25(31)26(32)16-21)28(36)18-35(23-11-6-20(4)7-12-23)40(38,39)24-13-9-22(30)10-14-24/h6-16,19,27H,5,17-18H2,1-4H3,(H,33,37). The molecule has 2 amide bonds. The quantitative estimate of drug-likeness (QED) is 0.265. The van der Waals surface area contributed by atoms with Crippen LogP contribution in [0.2, 0.25) is 15.1 Å². The van der Waals surface area contributed by atoms with Crippen LogP contribution in [0.4, 0.5) is 5.69 Å². The number of anilines is 1. The molecule has 0 aliphatic carbocycles. The summed E-state index contributed by atoms with van der Waals surface area (Å²) in [7, 11) is -4.18. The summed E-state index contributed by atoms with van der Waals surface area (Å²) in [5.74, 6) is -0.900. The Morgan fingerprint density at radius 2 is 1.52 bits per heavy atom. The highest BCUT2D eigenvalue weighted by Gasteiger charge is 2.34. The number of sulfonamides is 1. The molecule has 0 fully saturated rings. The first-order valence-electron chi connectivity index (χ1n) is 12.7. The van der Waals surface area contributed by atoms with Crippen molar-refractivity contribution in [2.45, 2.75) is 57.6 Å². The lowest BCUT2D eigenvalue weighted by molar-refractivity contribution is -0.140. The Morgan fingerprint density at radius 1 is 0.900 bits per heavy atom. The SMILES string of the molecule is CCC(C(=O)NC(C)C)N(Cc1ccc(Cl)c(Cl)c1)C(=O)CN(c1ccc(C)cc1)S(=O)(=O)c1ccc(Cl)cc1. The molecular formula is C29H32Cl3N3O4S. The molecule has 0 aliphatic heterocycles. The zero-order valence-electron chi connectivity index (χ0n) is 22.7. The number of carbonyl (C=O) groups excluding carboxylic acids is 2. The molecule has 0 saturated heterocycles. The number of nitrogens with one attached hydrogen (secondary N) is 1. The molecule has 11 heteroatoms. The van der Waals surface area contributed by atoms with Gasteiger partial charge in [0.25, 0.3) is 10.0 Å². The molecule has 0 saturated carbocycles. The van der Waals surface area contributed by atoms with E-state index in [0.717, 1.165) is 9.87 Å². The second kappa shape index (κ2) is 13.7. The van der Waals surface area contributed by atoms with Gasteiger partial charge in [-0.3, -0.25) is 13.9 Å². The van der Waals surface area contributed by atoms with Crippen LogP contribution in [0.3, 0.4) is 0 Å². The molecule has 40 heavy (non-hydrogen) atoms. The maximum Gasteiger partial charge on any atom is 0.264 e. The minimum atomic E-state index is -4.18. The molecule has 0 spiro atoms. The van der Waals surface area contributed by atoms with Crippen LogP contribution in [-0.4, -0.2) is 43.8 Å². The number of nitrogens with zero attached hydrogens (tertiary/aromatic N) is 2. The van der Waals surface area contributed by atoms with Crippen LogP contribution < -0.4 is 9.62 Å². The lowest BCUT2D eigenvalue weighted by atomic mass is 10.1. The molecule has 3 aromatic rings. The van der Waals surface area contributed by atoms with Crippen molar-refractivity contribution in [3.8, 4) is 0 Å². The van der Waals surface area contributed by atoms with Gasteiger partial charge in [0.1, 0.15) is 12.6 Å². The summed E-state index contributed by atoms with van der Waals surface area (Å²) in [4.78, 5) is 28.6. The van der Waals surface area contributed by atoms with Crippen molar-refractivity contribution >= 4 is 62.3 Å². The van der Waals surface area contributed by atoms with Gasteiger partial charge >= 0.3 is 0 Å². The molecule has 0 heterocycles. The minimum absolute atomic E-state index is 0.0163. The summed E-state index contributed by atoms with van der Waals surface area (Å²) in [6.07, 6.45) is 0.306. The summed E-state index contributed by atoms with van der Waals surface area (Å²) in [6.45, 7) is 6.80. The van der Waals surface area contributed by atoms with Crippen molar-refractivity contribution in [3.63, 3.8) is 0 Å². The first-order chi connectivity index (χ1) is 18.8. The third-order valence-electron chi connectivity index (χ3n) is 6.16. The molecule has 0 bridgehead atoms. The molecule has 1 unspecified atom stereocenters. The maximum atomic E-state index is 14.0. The van der Waals surface area contributed by atoms with Crippen LogP contribution >= 0.6 is 34.8 Å². The summed E-state index contributed by atoms with van der Waals surface area (Å²) in [5, 5.41) is 3.90. The van der Waals surface area contributed by atoms with Crippen molar-refractivity contribution in [3.05, 3.63) is 92.9 Å². The fraction of sp³-hybridized carbons (Fsp3) is 0.310. The first kappa shape index (κ1) is 31.7. The Hall–Kier alpha value is -2.78. The molecule has 0 radical (unpaired) electrons. The number of hydrogen-bond acceptors (Lipinski definition) is 4. The predicted molar refractivity (Wildman–Crippen MR) is 162 cm³/mol. The lowest BCUT2D eigenvalue weighted by Gasteiger charge is -2.33. The molecular weight excluding hydrogens is 593 g/mol. The third-order valence-corrected chi connectivity index (χ3v) is 8.94. The molecule has 3 rings (SSSR count). The van der Waals surface area contributed by atoms with E-state index < -0.39 is 28.5 Å². The Bertz CT molecular complexity index is 1450. The minimum Gasteiger partial charge on any atom is -0.352 e. The Morgan fingerprint density at radius 3 is 2.08 bits per heavy atom. The van der Waals surface area contributed by atoms with Crippen molar-refractivity contribution in [1.82, 2.24) is 10.2 Å². The highest BCUT2D eigenvalue weighted by atomic mass is 35.5. The summed E-state index contributed by atoms with van der Waals surface area (Å²) in [6, 6.07) is 16.5. The average Bonchev–Trinajstić information content (AvgIpc) is 2.89. The topological polar surface area (TPSA) is 86.8 Å². The van der Waals surface area contributed by atoms with Crippen molar-refractivity contribution < 1.29 is 18.0 Å². The van der Waals surface area contributed by atoms with Gasteiger partial charge in [-0.1, -0.05) is 65.5 Å². The highest BCUT2D eigenvalue weighted by molar-refractivity contribution is 7.92. The number of halogens is 3. The van der Waals surface area contributed by atoms with Gasteiger partial charge in [-0.15, -0.1) is 0 Å². The average molecular weight is 625 g/mol. The van der Waals surface area contributed by atoms with Crippen LogP contribution in [0.25, 0.3) is 0 Å². The van der Waals surface area contributed by atoms with Gasteiger partial charge in [-0.05, 0) is 81.3 Å². The van der Waals surface area contributed by atoms with Crippen molar-refractivity contribution in [2.75, 3.05) is 10.8 Å². The van der Waals surface area contributed by atoms with E-state index in [1.807, 2.05) is 20.8 Å². The van der Waals surface area contributed by atoms with Gasteiger partial charge in [0, 0.05) is 17.6 Å². The fourth-order valence-corrected chi connectivity index (χ4v) is 5.97. The zero-order chi connectivity index (χ0) is 29.6. The summed E-state index contributed by atoms with van der Waals surface area (Å²) < 4.78 is 28.7. The molecule has 7 nitrogen and oxygen atoms in total. The maximum absolute atomic E-state index is 14.0. The van der Waals surface area contributed by atoms with Crippen LogP contribution in [-0.2, 0) is 26.2 Å². The van der Waals surface area contributed by atoms with Crippen molar-refractivity contribution in [2.24, 2.45) is 0 Å². The van der Waals surface area contributed by atoms with Gasteiger partial charge in [-0.2, -0.15) is 0 Å². The number of amides is 2. The van der Waals surface area contributed by atoms with E-state index in [1.54, 1.807) is 49.4 Å². The van der Waals surface area contributed by atoms with Crippen LogP contribution in [0.5, 0.6) is 0 Å². The molecule has 0 aliphatic rings. The van der Waals surface area contributed by atoms with Gasteiger partial charge in [0.05, 0.1) is 20.6 Å². The van der Waals surface area contributed by atoms with Crippen molar-refractivity contribution in [1.29, 1.82) is 0 Å². The van der Waals surface area contributed by atoms with E-state index in [9.17, 15) is 18.0 Å². The Labute approximate surface area is 251 Å². The Balaban J connectivity index is 2.07. The van der Waals surface area contributed by atoms with Gasteiger partial charge in [0.15, 0.2) is 0 Å². The normalized spacial score (nSPS) is 12.2. The molecule has 0 aromatic heterocycles. The smallest absolute Gasteiger partial charge is 0.264 e. The van der Waals surface area contributed by atoms with Gasteiger partial charge in [0.2, 0.25) is 11.8 Å². The number of hydrogen-bond donors (Lipinski definition) is 1. The van der Waals surface area contributed by atoms with E-state index in [4.69, 9.17) is 34.8 Å². The number of rotatable bonds is 11. The molecule has 3 aromatic carbocycles. The second-order valence-corrected chi connectivity index (χ2v) is 12.8. The van der Waals surface area contributed by atoms with E-state index in [0.29, 0.717) is 32.7 Å². The van der Waals surface area contributed by atoms with E-state index in [2.05, 4.69) is 5.32 Å². The van der Waals surface area contributed by atoms with Crippen LogP contribution in [0.1, 0.15) is 38.3 Å². The third kappa shape index (κ3) is 7.91. The Kier molecular flexibility index (Phi) is 10.9. The van der Waals surface area contributed by atoms with Crippen LogP contribution in [0, 0.1) is 6.92 Å². The summed E-state index contributed by atoms with van der Waals surface area (Å²) in [5.41, 5.74) is 1.88. The van der Waals surface area contributed by atoms with Crippen LogP contribution in [0.15, 0.2) is 71.6 Å². The molecule has 214 valence electrons. The highest BCUT2D eigenvalue weighted by Crippen LogP contribution is 2.27. The largest absolute Gasteiger partial charge is 0.352 e. The fourth-order valence-electron chi connectivity index (χ4n) is 4.11. The zero-order valence-corrected chi connectivity index (χ0v) is 25.8. The van der Waals surface area contributed by atoms with E-state index in [1.165, 1.54) is 29.2 Å². The molecule has 1 N–H and O–H groups in total. The van der Waals surface area contributed by atoms with Gasteiger partial charge < -0.3 is 10.2 Å². The summed E-state index contributed by atoms with van der Waals surface area (Å²) >= 11 is 18.3. The number of carbonyl (C=O) groups is 2. The van der Waals surface area contributed by atoms with E-state index >= 15 is 0 Å².